The molecule has 2 rings (SSSR count). The molecule has 162 valence electrons. The second-order valence-corrected chi connectivity index (χ2v) is 8.14. The van der Waals surface area contributed by atoms with Crippen LogP contribution in [0.4, 0.5) is 10.6 Å². The van der Waals surface area contributed by atoms with Crippen LogP contribution in [0.5, 0.6) is 0 Å². The lowest BCUT2D eigenvalue weighted by molar-refractivity contribution is -0.121. The minimum atomic E-state index is -1.09. The Bertz CT molecular complexity index is 756. The number of hydrogen-bond donors (Lipinski definition) is 4. The summed E-state index contributed by atoms with van der Waals surface area (Å²) < 4.78 is 6.56. The molecule has 0 bridgehead atoms. The summed E-state index contributed by atoms with van der Waals surface area (Å²) in [7, 11) is 3.53. The van der Waals surface area contributed by atoms with Crippen LogP contribution < -0.4 is 16.0 Å². The van der Waals surface area contributed by atoms with Gasteiger partial charge in [-0.05, 0) is 27.8 Å². The number of amides is 2. The molecule has 1 fully saturated rings. The van der Waals surface area contributed by atoms with Crippen LogP contribution in [-0.4, -0.2) is 75.5 Å². The monoisotopic (exact) mass is 410 g/mol. The average molecular weight is 410 g/mol. The number of likely N-dealkylation sites (N-methyl/N-ethyl adjacent to an activating group) is 1. The van der Waals surface area contributed by atoms with Crippen molar-refractivity contribution in [1.29, 1.82) is 0 Å². The van der Waals surface area contributed by atoms with Crippen LogP contribution in [0.25, 0.3) is 0 Å². The third-order valence-corrected chi connectivity index (χ3v) is 4.32. The van der Waals surface area contributed by atoms with Crippen molar-refractivity contribution in [2.45, 2.75) is 51.4 Å². The number of aryl methyl sites for hydroxylation is 1. The Balaban J connectivity index is 1.76. The molecule has 1 aliphatic rings. The molecule has 1 saturated heterocycles. The molecule has 1 aliphatic heterocycles. The summed E-state index contributed by atoms with van der Waals surface area (Å²) >= 11 is 0. The van der Waals surface area contributed by atoms with E-state index in [-0.39, 0.29) is 36.9 Å². The van der Waals surface area contributed by atoms with Crippen molar-refractivity contribution in [2.75, 3.05) is 25.5 Å². The topological polar surface area (TPSA) is 138 Å². The molecule has 2 heterocycles. The maximum atomic E-state index is 12.1. The molecule has 1 aromatic rings. The first-order valence-electron chi connectivity index (χ1n) is 9.44. The normalized spacial score (nSPS) is 19.6. The van der Waals surface area contributed by atoms with Crippen LogP contribution in [0, 0.1) is 0 Å². The fraction of sp³-hybridized carbons (Fsp3) is 0.667. The summed E-state index contributed by atoms with van der Waals surface area (Å²) in [6.45, 7) is 6.15. The number of likely N-dealkylation sites (tertiary alicyclic amines) is 1. The number of rotatable bonds is 7. The lowest BCUT2D eigenvalue weighted by Crippen LogP contribution is -2.39. The van der Waals surface area contributed by atoms with Crippen molar-refractivity contribution in [1.82, 2.24) is 25.1 Å². The van der Waals surface area contributed by atoms with Crippen LogP contribution in [-0.2, 0) is 16.6 Å². The molecule has 1 aromatic heterocycles. The summed E-state index contributed by atoms with van der Waals surface area (Å²) in [5.41, 5.74) is -0.582. The number of carboxylic acid groups (broad SMARTS) is 1. The van der Waals surface area contributed by atoms with Gasteiger partial charge in [-0.15, -0.1) is 0 Å². The zero-order valence-corrected chi connectivity index (χ0v) is 17.5. The number of aromatic nitrogens is 2. The molecular weight excluding hydrogens is 380 g/mol. The minimum absolute atomic E-state index is 0.0458. The highest BCUT2D eigenvalue weighted by Crippen LogP contribution is 2.19. The van der Waals surface area contributed by atoms with Crippen LogP contribution in [0.2, 0.25) is 0 Å². The summed E-state index contributed by atoms with van der Waals surface area (Å²) in [6.07, 6.45) is 1.77. The third-order valence-electron chi connectivity index (χ3n) is 4.32. The maximum Gasteiger partial charge on any atom is 0.407 e. The van der Waals surface area contributed by atoms with E-state index >= 15 is 0 Å². The molecule has 0 aliphatic carbocycles. The Morgan fingerprint density at radius 3 is 2.59 bits per heavy atom. The second-order valence-electron chi connectivity index (χ2n) is 8.14. The SMILES string of the molecule is CN1CC(NC(=O)CCNC(=O)OC(C)(C)C)CC1Nc1cn(C)c(C(=O)O)n1. The fourth-order valence-electron chi connectivity index (χ4n) is 3.07. The van der Waals surface area contributed by atoms with Gasteiger partial charge in [0.05, 0.1) is 6.17 Å². The smallest absolute Gasteiger partial charge is 0.407 e. The standard InChI is InChI=1S/C18H30N6O5/c1-18(2,3)29-17(28)19-7-6-14(25)20-11-8-13(23(4)9-11)21-12-10-24(5)15(22-12)16(26)27/h10-11,13,21H,6-9H2,1-5H3,(H,19,28)(H,20,25)(H,26,27). The van der Waals surface area contributed by atoms with Crippen molar-refractivity contribution >= 4 is 23.8 Å². The van der Waals surface area contributed by atoms with Crippen molar-refractivity contribution in [3.8, 4) is 0 Å². The predicted molar refractivity (Wildman–Crippen MR) is 106 cm³/mol. The molecular formula is C18H30N6O5. The first-order valence-corrected chi connectivity index (χ1v) is 9.44. The summed E-state index contributed by atoms with van der Waals surface area (Å²) in [4.78, 5) is 40.9. The first-order chi connectivity index (χ1) is 13.4. The minimum Gasteiger partial charge on any atom is -0.475 e. The van der Waals surface area contributed by atoms with Gasteiger partial charge in [-0.25, -0.2) is 14.6 Å². The molecule has 0 aromatic carbocycles. The molecule has 29 heavy (non-hydrogen) atoms. The summed E-state index contributed by atoms with van der Waals surface area (Å²) in [5.74, 6) is -0.831. The van der Waals surface area contributed by atoms with Crippen molar-refractivity contribution < 1.29 is 24.2 Å². The molecule has 0 radical (unpaired) electrons. The van der Waals surface area contributed by atoms with E-state index in [4.69, 9.17) is 9.84 Å². The zero-order chi connectivity index (χ0) is 21.8. The van der Waals surface area contributed by atoms with Crippen molar-refractivity contribution in [3.05, 3.63) is 12.0 Å². The van der Waals surface area contributed by atoms with Gasteiger partial charge in [0.1, 0.15) is 11.4 Å². The van der Waals surface area contributed by atoms with Gasteiger partial charge in [-0.2, -0.15) is 0 Å². The molecule has 11 nitrogen and oxygen atoms in total. The third kappa shape index (κ3) is 6.93. The number of imidazole rings is 1. The highest BCUT2D eigenvalue weighted by Gasteiger charge is 2.31. The van der Waals surface area contributed by atoms with Gasteiger partial charge in [0.15, 0.2) is 0 Å². The maximum absolute atomic E-state index is 12.1. The molecule has 4 N–H and O–H groups in total. The van der Waals surface area contributed by atoms with Crippen LogP contribution in [0.3, 0.4) is 0 Å². The Kier molecular flexibility index (Phi) is 7.07. The lowest BCUT2D eigenvalue weighted by atomic mass is 10.2. The number of alkyl carbamates (subject to hydrolysis) is 1. The van der Waals surface area contributed by atoms with Gasteiger partial charge >= 0.3 is 12.1 Å². The van der Waals surface area contributed by atoms with Crippen LogP contribution >= 0.6 is 0 Å². The number of ether oxygens (including phenoxy) is 1. The number of anilines is 1. The van der Waals surface area contributed by atoms with E-state index in [9.17, 15) is 14.4 Å². The van der Waals surface area contributed by atoms with Gasteiger partial charge in [-0.1, -0.05) is 0 Å². The van der Waals surface area contributed by atoms with Gasteiger partial charge in [0.2, 0.25) is 11.7 Å². The molecule has 2 amide bonds. The Hall–Kier alpha value is -2.82. The number of nitrogens with zero attached hydrogens (tertiary/aromatic N) is 3. The lowest BCUT2D eigenvalue weighted by Gasteiger charge is -2.19. The van der Waals surface area contributed by atoms with E-state index in [0.29, 0.717) is 18.8 Å². The number of hydrogen-bond acceptors (Lipinski definition) is 7. The summed E-state index contributed by atoms with van der Waals surface area (Å²) in [5, 5.41) is 17.8. The van der Waals surface area contributed by atoms with E-state index < -0.39 is 17.7 Å². The number of carboxylic acids is 1. The van der Waals surface area contributed by atoms with E-state index in [0.717, 1.165) is 0 Å². The van der Waals surface area contributed by atoms with Gasteiger partial charge in [-0.3, -0.25) is 9.69 Å². The van der Waals surface area contributed by atoms with Gasteiger partial charge < -0.3 is 30.4 Å². The molecule has 0 saturated carbocycles. The van der Waals surface area contributed by atoms with Crippen LogP contribution in [0.1, 0.15) is 44.2 Å². The number of carbonyl (C=O) groups is 3. The molecule has 0 spiro atoms. The van der Waals surface area contributed by atoms with Crippen molar-refractivity contribution in [3.63, 3.8) is 0 Å². The van der Waals surface area contributed by atoms with Crippen LogP contribution in [0.15, 0.2) is 6.20 Å². The summed E-state index contributed by atoms with van der Waals surface area (Å²) in [6, 6.07) is -0.0609. The Labute approximate surface area is 169 Å². The Morgan fingerprint density at radius 1 is 1.31 bits per heavy atom. The van der Waals surface area contributed by atoms with E-state index in [2.05, 4.69) is 20.9 Å². The van der Waals surface area contributed by atoms with E-state index in [1.807, 2.05) is 11.9 Å². The van der Waals surface area contributed by atoms with Gasteiger partial charge in [0.25, 0.3) is 0 Å². The Morgan fingerprint density at radius 2 is 2.00 bits per heavy atom. The fourth-order valence-corrected chi connectivity index (χ4v) is 3.07. The van der Waals surface area contributed by atoms with E-state index in [1.54, 1.807) is 34.0 Å². The second kappa shape index (κ2) is 9.12. The van der Waals surface area contributed by atoms with E-state index in [1.165, 1.54) is 4.57 Å². The van der Waals surface area contributed by atoms with Gasteiger partial charge in [0, 0.05) is 45.2 Å². The highest BCUT2D eigenvalue weighted by molar-refractivity contribution is 5.84. The molecule has 2 atom stereocenters. The van der Waals surface area contributed by atoms with Crippen molar-refractivity contribution in [2.24, 2.45) is 7.05 Å². The quantitative estimate of drug-likeness (QED) is 0.512. The number of nitrogens with one attached hydrogen (secondary N) is 3. The zero-order valence-electron chi connectivity index (χ0n) is 17.5. The first kappa shape index (κ1) is 22.5. The number of carbonyl (C=O) groups excluding carboxylic acids is 2. The predicted octanol–water partition coefficient (Wildman–Crippen LogP) is 0.591. The molecule has 2 unspecified atom stereocenters. The average Bonchev–Trinajstić information content (AvgIpc) is 3.08. The number of aromatic carboxylic acids is 1. The highest BCUT2D eigenvalue weighted by atomic mass is 16.6. The molecule has 11 heteroatoms. The largest absolute Gasteiger partial charge is 0.475 e.